The molecule has 2 aliphatic heterocycles. The van der Waals surface area contributed by atoms with E-state index in [0.717, 1.165) is 0 Å². The van der Waals surface area contributed by atoms with E-state index in [9.17, 15) is 44.4 Å². The number of phenols is 2. The number of phenolic OH excluding ortho intramolecular Hbond substituents is 2. The van der Waals surface area contributed by atoms with E-state index < -0.39 is 53.3 Å². The van der Waals surface area contributed by atoms with Crippen molar-refractivity contribution >= 4 is 34.7 Å². The second-order valence-corrected chi connectivity index (χ2v) is 13.9. The van der Waals surface area contributed by atoms with E-state index in [2.05, 4.69) is 10.6 Å². The first kappa shape index (κ1) is 35.6. The molecule has 3 aliphatic rings. The van der Waals surface area contributed by atoms with Crippen molar-refractivity contribution in [2.45, 2.75) is 58.4 Å². The Morgan fingerprint density at radius 1 is 0.904 bits per heavy atom. The number of amides is 2. The molecule has 1 aliphatic carbocycles. The number of carboxylic acid groups (broad SMARTS) is 2. The number of aromatic hydroxyl groups is 2. The Morgan fingerprint density at radius 3 is 2.23 bits per heavy atom. The molecule has 2 amide bonds. The minimum atomic E-state index is -1.17. The predicted octanol–water partition coefficient (Wildman–Crippen LogP) is 4.72. The Kier molecular flexibility index (Phi) is 9.24. The van der Waals surface area contributed by atoms with Gasteiger partial charge in [0.1, 0.15) is 41.0 Å². The van der Waals surface area contributed by atoms with Crippen molar-refractivity contribution in [3.63, 3.8) is 0 Å². The van der Waals surface area contributed by atoms with Gasteiger partial charge in [-0.2, -0.15) is 0 Å². The number of fused-ring (bicyclic) bond motifs is 2. The quantitative estimate of drug-likeness (QED) is 0.0865. The fourth-order valence-corrected chi connectivity index (χ4v) is 6.90. The molecule has 6 N–H and O–H groups in total. The van der Waals surface area contributed by atoms with E-state index in [4.69, 9.17) is 4.42 Å². The Bertz CT molecular complexity index is 2260. The van der Waals surface area contributed by atoms with Crippen molar-refractivity contribution in [2.75, 3.05) is 0 Å². The topological polar surface area (TPSA) is 207 Å². The van der Waals surface area contributed by atoms with Gasteiger partial charge >= 0.3 is 11.9 Å². The Labute approximate surface area is 297 Å². The molecular formula is C39H37N3O10. The zero-order valence-corrected chi connectivity index (χ0v) is 28.7. The molecule has 0 bridgehead atoms. The molecule has 1 saturated heterocycles. The number of carboxylic acids is 2. The summed E-state index contributed by atoms with van der Waals surface area (Å²) >= 11 is 0. The van der Waals surface area contributed by atoms with Crippen LogP contribution in [0.1, 0.15) is 55.2 Å². The lowest BCUT2D eigenvalue weighted by Gasteiger charge is -2.51. The van der Waals surface area contributed by atoms with E-state index >= 15 is 0 Å². The van der Waals surface area contributed by atoms with Crippen LogP contribution in [-0.2, 0) is 20.9 Å². The summed E-state index contributed by atoms with van der Waals surface area (Å²) < 4.78 is 6.24. The number of nitrogens with one attached hydrogen (secondary N) is 2. The third-order valence-corrected chi connectivity index (χ3v) is 9.41. The van der Waals surface area contributed by atoms with Crippen LogP contribution < -0.4 is 16.1 Å². The highest BCUT2D eigenvalue weighted by Gasteiger charge is 2.54. The standard InChI is InChI=1S/C39H37N3O10/c1-19-31(36(47)42(19)34(38(50)51)39(2,3)4)41-35(46)32(20-9-11-21(43)12-10-20)40-18-27-28(45)16-15-26-30(23-7-5-6-8-24(23)37(48)49)25-14-13-22(44)17-29(25)52-33(26)27/h5-17,19,31-32,34,40,43,45H,18H2,1-4H3,(H,41,46)(H,48,49)(H,50,51). The SMILES string of the molecule is CC1C(NC(=O)C(NCc2c(O)ccc3c(-c4ccccc4C(=O)O)c4ccc(=O)cc-4oc23)c2ccc(O)cc2)C(=O)N1C(C(=O)O)C(C)(C)C. The number of benzene rings is 4. The zero-order chi connectivity index (χ0) is 37.6. The maximum atomic E-state index is 14.0. The summed E-state index contributed by atoms with van der Waals surface area (Å²) in [5.41, 5.74) is 0.886. The smallest absolute Gasteiger partial charge is 0.336 e. The number of carbonyl (C=O) groups excluding carboxylic acids is 2. The molecule has 0 aromatic heterocycles. The number of nitrogens with zero attached hydrogens (tertiary/aromatic N) is 1. The largest absolute Gasteiger partial charge is 0.508 e. The van der Waals surface area contributed by atoms with E-state index in [1.54, 1.807) is 58.0 Å². The number of likely N-dealkylation sites (tertiary alicyclic amines) is 1. The second kappa shape index (κ2) is 13.5. The van der Waals surface area contributed by atoms with E-state index in [1.165, 1.54) is 53.4 Å². The third-order valence-electron chi connectivity index (χ3n) is 9.41. The number of aliphatic carboxylic acids is 1. The summed E-state index contributed by atoms with van der Waals surface area (Å²) in [4.78, 5) is 65.3. The summed E-state index contributed by atoms with van der Waals surface area (Å²) in [7, 11) is 0. The lowest BCUT2D eigenvalue weighted by molar-refractivity contribution is -0.171. The van der Waals surface area contributed by atoms with Gasteiger partial charge in [0, 0.05) is 29.1 Å². The third kappa shape index (κ3) is 6.42. The van der Waals surface area contributed by atoms with Gasteiger partial charge < -0.3 is 35.1 Å². The summed E-state index contributed by atoms with van der Waals surface area (Å²) in [5.74, 6) is -3.62. The summed E-state index contributed by atoms with van der Waals surface area (Å²) in [5, 5.41) is 47.3. The maximum absolute atomic E-state index is 14.0. The zero-order valence-electron chi connectivity index (χ0n) is 28.7. The number of rotatable bonds is 10. The molecule has 4 unspecified atom stereocenters. The van der Waals surface area contributed by atoms with Crippen LogP contribution in [0.4, 0.5) is 0 Å². The van der Waals surface area contributed by atoms with Gasteiger partial charge in [0.15, 0.2) is 5.43 Å². The van der Waals surface area contributed by atoms with Gasteiger partial charge in [-0.15, -0.1) is 0 Å². The molecule has 52 heavy (non-hydrogen) atoms. The number of aromatic carboxylic acids is 1. The van der Waals surface area contributed by atoms with Crippen LogP contribution in [0, 0.1) is 5.41 Å². The highest BCUT2D eigenvalue weighted by atomic mass is 16.4. The number of carbonyl (C=O) groups is 4. The van der Waals surface area contributed by atoms with Crippen LogP contribution in [0.2, 0.25) is 0 Å². The van der Waals surface area contributed by atoms with Crippen molar-refractivity contribution in [1.82, 2.24) is 15.5 Å². The molecule has 13 nitrogen and oxygen atoms in total. The van der Waals surface area contributed by atoms with Gasteiger partial charge in [-0.05, 0) is 65.9 Å². The molecule has 3 aromatic rings. The van der Waals surface area contributed by atoms with Crippen molar-refractivity contribution in [2.24, 2.45) is 5.41 Å². The fourth-order valence-electron chi connectivity index (χ4n) is 6.90. The lowest BCUT2D eigenvalue weighted by atomic mass is 9.81. The van der Waals surface area contributed by atoms with Gasteiger partial charge in [-0.25, -0.2) is 9.59 Å². The van der Waals surface area contributed by atoms with Crippen molar-refractivity contribution in [3.8, 4) is 33.9 Å². The van der Waals surface area contributed by atoms with E-state index in [0.29, 0.717) is 27.6 Å². The van der Waals surface area contributed by atoms with Gasteiger partial charge in [-0.1, -0.05) is 51.1 Å². The van der Waals surface area contributed by atoms with Crippen molar-refractivity contribution in [3.05, 3.63) is 106 Å². The van der Waals surface area contributed by atoms with Crippen LogP contribution in [-0.4, -0.2) is 67.2 Å². The predicted molar refractivity (Wildman–Crippen MR) is 190 cm³/mol. The van der Waals surface area contributed by atoms with Crippen molar-refractivity contribution < 1.29 is 44.0 Å². The second-order valence-electron chi connectivity index (χ2n) is 13.9. The first-order valence-corrected chi connectivity index (χ1v) is 16.5. The van der Waals surface area contributed by atoms with Gasteiger partial charge in [0.2, 0.25) is 11.8 Å². The number of hydrogen-bond donors (Lipinski definition) is 6. The van der Waals surface area contributed by atoms with Crippen molar-refractivity contribution in [1.29, 1.82) is 0 Å². The molecule has 1 fully saturated rings. The van der Waals surface area contributed by atoms with Crippen LogP contribution in [0.25, 0.3) is 33.4 Å². The Morgan fingerprint density at radius 2 is 1.60 bits per heavy atom. The molecule has 4 atom stereocenters. The monoisotopic (exact) mass is 707 g/mol. The first-order chi connectivity index (χ1) is 24.6. The molecule has 0 spiro atoms. The summed E-state index contributed by atoms with van der Waals surface area (Å²) in [6.45, 7) is 6.61. The van der Waals surface area contributed by atoms with Gasteiger partial charge in [0.05, 0.1) is 17.2 Å². The van der Waals surface area contributed by atoms with Crippen LogP contribution in [0.15, 0.2) is 88.1 Å². The van der Waals surface area contributed by atoms with E-state index in [-0.39, 0.29) is 45.9 Å². The summed E-state index contributed by atoms with van der Waals surface area (Å²) in [6, 6.07) is 15.5. The Hall–Kier alpha value is -6.21. The highest BCUT2D eigenvalue weighted by molar-refractivity contribution is 6.08. The van der Waals surface area contributed by atoms with Crippen LogP contribution in [0.5, 0.6) is 11.5 Å². The number of hydrogen-bond acceptors (Lipinski definition) is 9. The van der Waals surface area contributed by atoms with E-state index in [1.807, 2.05) is 0 Å². The lowest BCUT2D eigenvalue weighted by Crippen LogP contribution is -2.75. The molecule has 0 radical (unpaired) electrons. The average Bonchev–Trinajstić information content (AvgIpc) is 3.09. The van der Waals surface area contributed by atoms with Gasteiger partial charge in [0.25, 0.3) is 0 Å². The van der Waals surface area contributed by atoms with Gasteiger partial charge in [-0.3, -0.25) is 19.7 Å². The maximum Gasteiger partial charge on any atom is 0.336 e. The number of β-lactam (4-membered cyclic amide) rings is 1. The average molecular weight is 708 g/mol. The Balaban J connectivity index is 1.39. The normalized spacial score (nSPS) is 17.1. The molecule has 0 saturated carbocycles. The molecular weight excluding hydrogens is 670 g/mol. The molecule has 6 rings (SSSR count). The van der Waals surface area contributed by atoms with Crippen LogP contribution in [0.3, 0.4) is 0 Å². The fraction of sp³-hybridized carbons (Fsp3) is 0.256. The highest BCUT2D eigenvalue weighted by Crippen LogP contribution is 2.43. The first-order valence-electron chi connectivity index (χ1n) is 16.5. The van der Waals surface area contributed by atoms with Crippen LogP contribution >= 0.6 is 0 Å². The summed E-state index contributed by atoms with van der Waals surface area (Å²) in [6.07, 6.45) is 0. The molecule has 2 heterocycles. The molecule has 268 valence electrons. The molecule has 13 heteroatoms. The minimum absolute atomic E-state index is 0.00910. The minimum Gasteiger partial charge on any atom is -0.508 e. The molecule has 3 aromatic carbocycles.